The van der Waals surface area contributed by atoms with Gasteiger partial charge in [0.05, 0.1) is 29.0 Å². The summed E-state index contributed by atoms with van der Waals surface area (Å²) in [6.45, 7) is 0.254. The minimum Gasteiger partial charge on any atom is -0.368 e. The number of halogens is 2. The Balaban J connectivity index is 2.37. The van der Waals surface area contributed by atoms with Crippen molar-refractivity contribution in [1.29, 1.82) is 0 Å². The van der Waals surface area contributed by atoms with Crippen LogP contribution in [-0.2, 0) is 16.4 Å². The highest BCUT2D eigenvalue weighted by molar-refractivity contribution is 7.91. The van der Waals surface area contributed by atoms with Gasteiger partial charge in [-0.25, -0.2) is 8.42 Å². The molecule has 1 aromatic carbocycles. The van der Waals surface area contributed by atoms with E-state index in [1.54, 1.807) is 18.0 Å². The summed E-state index contributed by atoms with van der Waals surface area (Å²) in [5, 5.41) is 0. The van der Waals surface area contributed by atoms with Gasteiger partial charge < -0.3 is 4.90 Å². The first-order chi connectivity index (χ1) is 9.93. The monoisotopic (exact) mass is 313 g/mol. The quantitative estimate of drug-likeness (QED) is 0.846. The molecule has 0 aliphatic heterocycles. The number of anilines is 1. The number of aromatic nitrogens is 2. The van der Waals surface area contributed by atoms with Gasteiger partial charge in [-0.05, 0) is 12.1 Å². The van der Waals surface area contributed by atoms with Gasteiger partial charge in [-0.2, -0.15) is 8.78 Å². The number of hydrogen-bond acceptors (Lipinski definition) is 5. The third-order valence-electron chi connectivity index (χ3n) is 2.83. The predicted octanol–water partition coefficient (Wildman–Crippen LogP) is 2.11. The fraction of sp³-hybridized carbons (Fsp3) is 0.231. The lowest BCUT2D eigenvalue weighted by Gasteiger charge is -2.21. The van der Waals surface area contributed by atoms with Crippen LogP contribution in [0.1, 0.15) is 5.69 Å². The first kappa shape index (κ1) is 15.3. The topological polar surface area (TPSA) is 63.2 Å². The van der Waals surface area contributed by atoms with Gasteiger partial charge in [0.1, 0.15) is 0 Å². The SMILES string of the molecule is CN(Cc1cnccn1)c1ccccc1S(=O)(=O)C(F)F. The Kier molecular flexibility index (Phi) is 4.46. The van der Waals surface area contributed by atoms with Crippen molar-refractivity contribution in [3.05, 3.63) is 48.5 Å². The highest BCUT2D eigenvalue weighted by Crippen LogP contribution is 2.28. The van der Waals surface area contributed by atoms with Gasteiger partial charge in [0.15, 0.2) is 0 Å². The van der Waals surface area contributed by atoms with E-state index in [-0.39, 0.29) is 12.2 Å². The van der Waals surface area contributed by atoms with Crippen LogP contribution >= 0.6 is 0 Å². The lowest BCUT2D eigenvalue weighted by atomic mass is 10.3. The largest absolute Gasteiger partial charge is 0.368 e. The molecule has 1 heterocycles. The molecule has 0 radical (unpaired) electrons. The van der Waals surface area contributed by atoms with Gasteiger partial charge in [-0.15, -0.1) is 0 Å². The Labute approximate surface area is 121 Å². The van der Waals surface area contributed by atoms with Crippen molar-refractivity contribution < 1.29 is 17.2 Å². The normalized spacial score (nSPS) is 11.6. The number of para-hydroxylation sites is 1. The summed E-state index contributed by atoms with van der Waals surface area (Å²) in [4.78, 5) is 9.12. The minimum atomic E-state index is -4.66. The van der Waals surface area contributed by atoms with E-state index in [0.717, 1.165) is 0 Å². The predicted molar refractivity (Wildman–Crippen MR) is 73.8 cm³/mol. The number of sulfone groups is 1. The second-order valence-corrected chi connectivity index (χ2v) is 6.21. The molecule has 8 heteroatoms. The number of nitrogens with zero attached hydrogens (tertiary/aromatic N) is 3. The summed E-state index contributed by atoms with van der Waals surface area (Å²) in [6.07, 6.45) is 4.55. The molecule has 0 aliphatic carbocycles. The van der Waals surface area contributed by atoms with Crippen molar-refractivity contribution in [2.45, 2.75) is 17.2 Å². The van der Waals surface area contributed by atoms with E-state index in [4.69, 9.17) is 0 Å². The van der Waals surface area contributed by atoms with Gasteiger partial charge in [0, 0.05) is 19.4 Å². The van der Waals surface area contributed by atoms with Gasteiger partial charge >= 0.3 is 5.76 Å². The third-order valence-corrected chi connectivity index (χ3v) is 4.26. The van der Waals surface area contributed by atoms with Crippen LogP contribution in [0, 0.1) is 0 Å². The molecular weight excluding hydrogens is 300 g/mol. The van der Waals surface area contributed by atoms with Gasteiger partial charge in [0.2, 0.25) is 9.84 Å². The Hall–Kier alpha value is -2.09. The average Bonchev–Trinajstić information content (AvgIpc) is 2.48. The van der Waals surface area contributed by atoms with Crippen molar-refractivity contribution in [3.63, 3.8) is 0 Å². The maximum atomic E-state index is 12.7. The summed E-state index contributed by atoms with van der Waals surface area (Å²) in [7, 11) is -3.05. The molecule has 0 saturated heterocycles. The van der Waals surface area contributed by atoms with E-state index in [2.05, 4.69) is 9.97 Å². The molecule has 0 spiro atoms. The van der Waals surface area contributed by atoms with Gasteiger partial charge in [-0.3, -0.25) is 9.97 Å². The molecule has 0 saturated carbocycles. The second kappa shape index (κ2) is 6.13. The van der Waals surface area contributed by atoms with Crippen LogP contribution in [0.25, 0.3) is 0 Å². The van der Waals surface area contributed by atoms with E-state index in [0.29, 0.717) is 5.69 Å². The van der Waals surface area contributed by atoms with Gasteiger partial charge in [0.25, 0.3) is 0 Å². The maximum absolute atomic E-state index is 12.7. The summed E-state index contributed by atoms with van der Waals surface area (Å²) < 4.78 is 48.9. The van der Waals surface area contributed by atoms with Gasteiger partial charge in [-0.1, -0.05) is 12.1 Å². The summed E-state index contributed by atoms with van der Waals surface area (Å²) in [6, 6.07) is 5.65. The van der Waals surface area contributed by atoms with E-state index in [1.165, 1.54) is 36.8 Å². The second-order valence-electron chi connectivity index (χ2n) is 4.33. The molecule has 0 bridgehead atoms. The smallest absolute Gasteiger partial charge is 0.341 e. The first-order valence-corrected chi connectivity index (χ1v) is 7.54. The van der Waals surface area contributed by atoms with Crippen molar-refractivity contribution >= 4 is 15.5 Å². The standard InChI is InChI=1S/C13H13F2N3O2S/c1-18(9-10-8-16-6-7-17-10)11-4-2-3-5-12(11)21(19,20)13(14)15/h2-8,13H,9H2,1H3. The highest BCUT2D eigenvalue weighted by Gasteiger charge is 2.29. The molecule has 112 valence electrons. The Morgan fingerprint density at radius 2 is 1.95 bits per heavy atom. The van der Waals surface area contributed by atoms with Crippen LogP contribution in [0.15, 0.2) is 47.8 Å². The van der Waals surface area contributed by atoms with E-state index in [1.807, 2.05) is 0 Å². The lowest BCUT2D eigenvalue weighted by molar-refractivity contribution is 0.235. The molecule has 0 N–H and O–H groups in total. The molecule has 5 nitrogen and oxygen atoms in total. The number of alkyl halides is 2. The first-order valence-electron chi connectivity index (χ1n) is 6.00. The Bertz CT molecular complexity index is 708. The maximum Gasteiger partial charge on any atom is 0.341 e. The highest BCUT2D eigenvalue weighted by atomic mass is 32.2. The Morgan fingerprint density at radius 3 is 2.57 bits per heavy atom. The van der Waals surface area contributed by atoms with Crippen LogP contribution in [0.4, 0.5) is 14.5 Å². The lowest BCUT2D eigenvalue weighted by Crippen LogP contribution is -2.21. The van der Waals surface area contributed by atoms with Crippen LogP contribution in [0.3, 0.4) is 0 Å². The molecular formula is C13H13F2N3O2S. The van der Waals surface area contributed by atoms with Crippen LogP contribution in [-0.4, -0.2) is 31.2 Å². The van der Waals surface area contributed by atoms with E-state index < -0.39 is 20.5 Å². The zero-order chi connectivity index (χ0) is 15.5. The van der Waals surface area contributed by atoms with Crippen molar-refractivity contribution in [2.75, 3.05) is 11.9 Å². The molecule has 0 unspecified atom stereocenters. The van der Waals surface area contributed by atoms with Crippen LogP contribution in [0.2, 0.25) is 0 Å². The average molecular weight is 313 g/mol. The Morgan fingerprint density at radius 1 is 1.24 bits per heavy atom. The molecule has 0 atom stereocenters. The van der Waals surface area contributed by atoms with Crippen molar-refractivity contribution in [3.8, 4) is 0 Å². The van der Waals surface area contributed by atoms with Crippen molar-refractivity contribution in [1.82, 2.24) is 9.97 Å². The molecule has 0 fully saturated rings. The summed E-state index contributed by atoms with van der Waals surface area (Å²) in [5.74, 6) is -3.46. The molecule has 2 rings (SSSR count). The molecule has 0 aliphatic rings. The third kappa shape index (κ3) is 3.33. The number of hydrogen-bond donors (Lipinski definition) is 0. The molecule has 1 aromatic heterocycles. The number of benzene rings is 1. The fourth-order valence-corrected chi connectivity index (χ4v) is 2.82. The van der Waals surface area contributed by atoms with Crippen LogP contribution in [0.5, 0.6) is 0 Å². The zero-order valence-electron chi connectivity index (χ0n) is 11.1. The summed E-state index contributed by atoms with van der Waals surface area (Å²) in [5.41, 5.74) is 0.799. The van der Waals surface area contributed by atoms with Crippen LogP contribution < -0.4 is 4.90 Å². The minimum absolute atomic E-state index is 0.198. The van der Waals surface area contributed by atoms with E-state index in [9.17, 15) is 17.2 Å². The van der Waals surface area contributed by atoms with E-state index >= 15 is 0 Å². The zero-order valence-corrected chi connectivity index (χ0v) is 12.0. The fourth-order valence-electron chi connectivity index (χ4n) is 1.85. The summed E-state index contributed by atoms with van der Waals surface area (Å²) >= 11 is 0. The number of rotatable bonds is 5. The molecule has 21 heavy (non-hydrogen) atoms. The van der Waals surface area contributed by atoms with Crippen molar-refractivity contribution in [2.24, 2.45) is 0 Å². The molecule has 2 aromatic rings. The molecule has 0 amide bonds.